The number of carbonyl (C=O) groups excluding carboxylic acids is 1. The van der Waals surface area contributed by atoms with Crippen molar-refractivity contribution in [3.8, 4) is 17.6 Å². The van der Waals surface area contributed by atoms with Crippen LogP contribution in [0.25, 0.3) is 0 Å². The number of benzene rings is 1. The Kier molecular flexibility index (Phi) is 5.23. The molecule has 0 spiro atoms. The zero-order valence-corrected chi connectivity index (χ0v) is 12.7. The van der Waals surface area contributed by atoms with Crippen molar-refractivity contribution in [1.29, 1.82) is 0 Å². The summed E-state index contributed by atoms with van der Waals surface area (Å²) in [5.41, 5.74) is 1.13. The van der Waals surface area contributed by atoms with E-state index in [2.05, 4.69) is 17.2 Å². The monoisotopic (exact) mass is 321 g/mol. The number of amides is 1. The normalized spacial score (nSPS) is 9.67. The molecule has 6 heteroatoms. The molecule has 2 N–H and O–H groups in total. The van der Waals surface area contributed by atoms with E-state index in [1.165, 1.54) is 11.3 Å². The Morgan fingerprint density at radius 3 is 2.95 bits per heavy atom. The quantitative estimate of drug-likeness (QED) is 0.854. The molecule has 0 aliphatic rings. The molecule has 4 nitrogen and oxygen atoms in total. The molecule has 0 bridgehead atoms. The van der Waals surface area contributed by atoms with Crippen molar-refractivity contribution < 1.29 is 14.6 Å². The Labute approximate surface area is 131 Å². The van der Waals surface area contributed by atoms with Gasteiger partial charge in [0.05, 0.1) is 22.7 Å². The van der Waals surface area contributed by atoms with Gasteiger partial charge in [0, 0.05) is 17.0 Å². The SMILES string of the molecule is COc1csc(C(=O)Nc2cc(C#CCO)ccc2Cl)c1. The Morgan fingerprint density at radius 1 is 1.48 bits per heavy atom. The lowest BCUT2D eigenvalue weighted by Gasteiger charge is -2.06. The van der Waals surface area contributed by atoms with Gasteiger partial charge in [0.2, 0.25) is 0 Å². The van der Waals surface area contributed by atoms with Crippen molar-refractivity contribution >= 4 is 34.5 Å². The Hall–Kier alpha value is -2.00. The van der Waals surface area contributed by atoms with E-state index in [-0.39, 0.29) is 12.5 Å². The lowest BCUT2D eigenvalue weighted by Crippen LogP contribution is -2.10. The molecule has 108 valence electrons. The minimum absolute atomic E-state index is 0.223. The van der Waals surface area contributed by atoms with Gasteiger partial charge < -0.3 is 15.2 Å². The van der Waals surface area contributed by atoms with E-state index in [0.29, 0.717) is 26.9 Å². The molecule has 0 aliphatic heterocycles. The smallest absolute Gasteiger partial charge is 0.265 e. The molecule has 0 aliphatic carbocycles. The van der Waals surface area contributed by atoms with E-state index in [1.54, 1.807) is 36.8 Å². The molecule has 0 saturated carbocycles. The number of halogens is 1. The fourth-order valence-electron chi connectivity index (χ4n) is 1.57. The van der Waals surface area contributed by atoms with Crippen LogP contribution in [0.3, 0.4) is 0 Å². The minimum atomic E-state index is -0.266. The maximum Gasteiger partial charge on any atom is 0.265 e. The van der Waals surface area contributed by atoms with Crippen LogP contribution in [0, 0.1) is 11.8 Å². The van der Waals surface area contributed by atoms with Gasteiger partial charge in [-0.3, -0.25) is 4.79 Å². The first-order valence-electron chi connectivity index (χ1n) is 5.97. The van der Waals surface area contributed by atoms with Crippen LogP contribution in [0.2, 0.25) is 5.02 Å². The predicted molar refractivity (Wildman–Crippen MR) is 84.2 cm³/mol. The molecule has 0 radical (unpaired) electrons. The fraction of sp³-hybridized carbons (Fsp3) is 0.133. The highest BCUT2D eigenvalue weighted by Gasteiger charge is 2.11. The first-order chi connectivity index (χ1) is 10.1. The highest BCUT2D eigenvalue weighted by atomic mass is 35.5. The fourth-order valence-corrected chi connectivity index (χ4v) is 2.48. The summed E-state index contributed by atoms with van der Waals surface area (Å²) in [5.74, 6) is 5.67. The van der Waals surface area contributed by atoms with Gasteiger partial charge >= 0.3 is 0 Å². The molecule has 2 aromatic rings. The summed E-state index contributed by atoms with van der Waals surface area (Å²) in [4.78, 5) is 12.7. The summed E-state index contributed by atoms with van der Waals surface area (Å²) >= 11 is 7.34. The van der Waals surface area contributed by atoms with E-state index >= 15 is 0 Å². The average molecular weight is 322 g/mol. The predicted octanol–water partition coefficient (Wildman–Crippen LogP) is 3.01. The third-order valence-electron chi connectivity index (χ3n) is 2.56. The second kappa shape index (κ2) is 7.14. The van der Waals surface area contributed by atoms with Crippen LogP contribution in [0.1, 0.15) is 15.2 Å². The molecule has 0 unspecified atom stereocenters. The Balaban J connectivity index is 2.20. The number of rotatable bonds is 3. The molecular weight excluding hydrogens is 310 g/mol. The maximum absolute atomic E-state index is 12.1. The van der Waals surface area contributed by atoms with Gasteiger partial charge in [-0.05, 0) is 18.2 Å². The molecule has 1 aromatic carbocycles. The Bertz CT molecular complexity index is 715. The summed E-state index contributed by atoms with van der Waals surface area (Å²) in [6.45, 7) is -0.223. The third-order valence-corrected chi connectivity index (χ3v) is 3.80. The number of aliphatic hydroxyl groups excluding tert-OH is 1. The lowest BCUT2D eigenvalue weighted by molar-refractivity contribution is 0.103. The molecule has 1 heterocycles. The minimum Gasteiger partial charge on any atom is -0.496 e. The second-order valence-electron chi connectivity index (χ2n) is 3.96. The van der Waals surface area contributed by atoms with Crippen LogP contribution >= 0.6 is 22.9 Å². The number of anilines is 1. The van der Waals surface area contributed by atoms with Crippen molar-refractivity contribution in [2.75, 3.05) is 19.0 Å². The molecule has 1 aromatic heterocycles. The number of carbonyl (C=O) groups is 1. The van der Waals surface area contributed by atoms with Crippen LogP contribution in [-0.4, -0.2) is 24.7 Å². The van der Waals surface area contributed by atoms with Gasteiger partial charge in [0.15, 0.2) is 0 Å². The number of ether oxygens (including phenoxy) is 1. The largest absolute Gasteiger partial charge is 0.496 e. The first kappa shape index (κ1) is 15.4. The van der Waals surface area contributed by atoms with Crippen molar-refractivity contribution in [3.05, 3.63) is 45.1 Å². The zero-order valence-electron chi connectivity index (χ0n) is 11.1. The van der Waals surface area contributed by atoms with E-state index < -0.39 is 0 Å². The van der Waals surface area contributed by atoms with E-state index in [0.717, 1.165) is 0 Å². The summed E-state index contributed by atoms with van der Waals surface area (Å²) in [6, 6.07) is 6.68. The van der Waals surface area contributed by atoms with Crippen LogP contribution in [-0.2, 0) is 0 Å². The lowest BCUT2D eigenvalue weighted by atomic mass is 10.2. The standard InChI is InChI=1S/C15H12ClNO3S/c1-20-11-8-14(21-9-11)15(19)17-13-7-10(3-2-6-18)4-5-12(13)16/h4-5,7-9,18H,6H2,1H3,(H,17,19). The summed E-state index contributed by atoms with van der Waals surface area (Å²) in [7, 11) is 1.55. The van der Waals surface area contributed by atoms with Gasteiger partial charge in [-0.25, -0.2) is 0 Å². The molecule has 2 rings (SSSR count). The van der Waals surface area contributed by atoms with Crippen LogP contribution in [0.15, 0.2) is 29.6 Å². The number of nitrogens with one attached hydrogen (secondary N) is 1. The van der Waals surface area contributed by atoms with Crippen molar-refractivity contribution in [1.82, 2.24) is 0 Å². The van der Waals surface area contributed by atoms with Gasteiger partial charge in [-0.1, -0.05) is 23.4 Å². The third kappa shape index (κ3) is 3.99. The molecule has 0 saturated heterocycles. The topological polar surface area (TPSA) is 58.6 Å². The number of methoxy groups -OCH3 is 1. The van der Waals surface area contributed by atoms with Gasteiger partial charge in [-0.15, -0.1) is 11.3 Å². The van der Waals surface area contributed by atoms with Gasteiger partial charge in [0.25, 0.3) is 5.91 Å². The molecule has 0 fully saturated rings. The van der Waals surface area contributed by atoms with E-state index in [4.69, 9.17) is 21.4 Å². The number of hydrogen-bond acceptors (Lipinski definition) is 4. The number of aliphatic hydroxyl groups is 1. The maximum atomic E-state index is 12.1. The second-order valence-corrected chi connectivity index (χ2v) is 5.28. The van der Waals surface area contributed by atoms with Gasteiger partial charge in [0.1, 0.15) is 12.4 Å². The number of thiophene rings is 1. The first-order valence-corrected chi connectivity index (χ1v) is 7.23. The van der Waals surface area contributed by atoms with Crippen molar-refractivity contribution in [3.63, 3.8) is 0 Å². The highest BCUT2D eigenvalue weighted by molar-refractivity contribution is 7.12. The summed E-state index contributed by atoms with van der Waals surface area (Å²) < 4.78 is 5.04. The molecule has 21 heavy (non-hydrogen) atoms. The van der Waals surface area contributed by atoms with Crippen molar-refractivity contribution in [2.24, 2.45) is 0 Å². The average Bonchev–Trinajstić information content (AvgIpc) is 2.97. The summed E-state index contributed by atoms with van der Waals surface area (Å²) in [6.07, 6.45) is 0. The Morgan fingerprint density at radius 2 is 2.29 bits per heavy atom. The summed E-state index contributed by atoms with van der Waals surface area (Å²) in [5, 5.41) is 13.6. The van der Waals surface area contributed by atoms with Gasteiger partial charge in [-0.2, -0.15) is 0 Å². The van der Waals surface area contributed by atoms with E-state index in [9.17, 15) is 4.79 Å². The van der Waals surface area contributed by atoms with Crippen molar-refractivity contribution in [2.45, 2.75) is 0 Å². The highest BCUT2D eigenvalue weighted by Crippen LogP contribution is 2.26. The van der Waals surface area contributed by atoms with Crippen LogP contribution < -0.4 is 10.1 Å². The molecule has 0 atom stereocenters. The van der Waals surface area contributed by atoms with Crippen LogP contribution in [0.5, 0.6) is 5.75 Å². The van der Waals surface area contributed by atoms with Crippen LogP contribution in [0.4, 0.5) is 5.69 Å². The van der Waals surface area contributed by atoms with E-state index in [1.807, 2.05) is 0 Å². The number of hydrogen-bond donors (Lipinski definition) is 2. The molecular formula is C15H12ClNO3S. The zero-order chi connectivity index (χ0) is 15.2. The molecule has 1 amide bonds.